The molecule has 1 aromatic heterocycles. The van der Waals surface area contributed by atoms with E-state index in [0.29, 0.717) is 17.9 Å². The average Bonchev–Trinajstić information content (AvgIpc) is 3.18. The summed E-state index contributed by atoms with van der Waals surface area (Å²) in [5, 5.41) is 7.08. The molecule has 8 heteroatoms. The first-order chi connectivity index (χ1) is 13.4. The van der Waals surface area contributed by atoms with E-state index >= 15 is 0 Å². The zero-order valence-corrected chi connectivity index (χ0v) is 15.8. The van der Waals surface area contributed by atoms with Crippen LogP contribution in [0.5, 0.6) is 0 Å². The van der Waals surface area contributed by atoms with E-state index < -0.39 is 23.9 Å². The number of aryl methyl sites for hydroxylation is 1. The molecule has 148 valence electrons. The van der Waals surface area contributed by atoms with Crippen LogP contribution in [0.25, 0.3) is 5.70 Å². The first kappa shape index (κ1) is 18.5. The second-order valence-corrected chi connectivity index (χ2v) is 7.45. The number of amides is 2. The number of rotatable bonds is 5. The highest BCUT2D eigenvalue weighted by Gasteiger charge is 2.42. The topological polar surface area (TPSA) is 99.2 Å². The third kappa shape index (κ3) is 2.93. The Bertz CT molecular complexity index is 917. The monoisotopic (exact) mass is 386 g/mol. The third-order valence-corrected chi connectivity index (χ3v) is 5.67. The van der Waals surface area contributed by atoms with Crippen LogP contribution in [-0.4, -0.2) is 40.4 Å². The van der Waals surface area contributed by atoms with Gasteiger partial charge in [0.25, 0.3) is 11.8 Å². The zero-order chi connectivity index (χ0) is 20.0. The number of carbonyl (C=O) groups excluding carboxylic acids is 2. The highest BCUT2D eigenvalue weighted by molar-refractivity contribution is 6.13. The van der Waals surface area contributed by atoms with Crippen molar-refractivity contribution >= 4 is 17.5 Å². The second kappa shape index (κ2) is 6.92. The second-order valence-electron chi connectivity index (χ2n) is 7.45. The summed E-state index contributed by atoms with van der Waals surface area (Å²) in [5.41, 5.74) is 7.46. The van der Waals surface area contributed by atoms with Gasteiger partial charge < -0.3 is 15.8 Å². The van der Waals surface area contributed by atoms with Gasteiger partial charge in [0.2, 0.25) is 0 Å². The Morgan fingerprint density at radius 3 is 2.96 bits per heavy atom. The Hall–Kier alpha value is -2.90. The van der Waals surface area contributed by atoms with Gasteiger partial charge in [0.1, 0.15) is 18.1 Å². The average molecular weight is 386 g/mol. The molecule has 1 fully saturated rings. The molecule has 1 aromatic rings. The fourth-order valence-electron chi connectivity index (χ4n) is 4.30. The largest absolute Gasteiger partial charge is 0.495 e. The number of allylic oxidation sites excluding steroid dienone is 5. The highest BCUT2D eigenvalue weighted by Crippen LogP contribution is 2.42. The van der Waals surface area contributed by atoms with Crippen molar-refractivity contribution in [3.05, 3.63) is 47.5 Å². The number of carbonyl (C=O) groups is 2. The SMILES string of the molecule is CCC1C(COC2=CC=CC3C=C(C(N)=O)n4nc(C)cc4C23)NC(=O)C1F. The van der Waals surface area contributed by atoms with Gasteiger partial charge in [-0.1, -0.05) is 19.1 Å². The minimum absolute atomic E-state index is 0.0971. The van der Waals surface area contributed by atoms with Crippen LogP contribution in [0.1, 0.15) is 30.7 Å². The minimum atomic E-state index is -1.49. The van der Waals surface area contributed by atoms with Crippen LogP contribution >= 0.6 is 0 Å². The molecular formula is C20H23FN4O3. The molecule has 1 aliphatic carbocycles. The number of nitrogens with one attached hydrogen (secondary N) is 1. The molecule has 7 nitrogen and oxygen atoms in total. The number of hydrogen-bond acceptors (Lipinski definition) is 4. The van der Waals surface area contributed by atoms with Crippen LogP contribution in [0, 0.1) is 18.8 Å². The van der Waals surface area contributed by atoms with Gasteiger partial charge in [-0.3, -0.25) is 9.59 Å². The third-order valence-electron chi connectivity index (χ3n) is 5.67. The highest BCUT2D eigenvalue weighted by atomic mass is 19.1. The van der Waals surface area contributed by atoms with Crippen LogP contribution in [0.4, 0.5) is 4.39 Å². The van der Waals surface area contributed by atoms with E-state index in [9.17, 15) is 14.0 Å². The molecule has 0 spiro atoms. The summed E-state index contributed by atoms with van der Waals surface area (Å²) in [6, 6.07) is 1.54. The lowest BCUT2D eigenvalue weighted by Crippen LogP contribution is -2.35. The fourth-order valence-corrected chi connectivity index (χ4v) is 4.30. The van der Waals surface area contributed by atoms with Crippen molar-refractivity contribution in [2.24, 2.45) is 17.6 Å². The molecule has 5 atom stereocenters. The van der Waals surface area contributed by atoms with Crippen LogP contribution in [0.3, 0.4) is 0 Å². The molecule has 2 aliphatic heterocycles. The van der Waals surface area contributed by atoms with Crippen molar-refractivity contribution in [1.82, 2.24) is 15.1 Å². The number of primary amides is 1. The van der Waals surface area contributed by atoms with Crippen molar-refractivity contribution < 1.29 is 18.7 Å². The van der Waals surface area contributed by atoms with E-state index in [1.165, 1.54) is 0 Å². The zero-order valence-electron chi connectivity index (χ0n) is 15.8. The van der Waals surface area contributed by atoms with Gasteiger partial charge in [-0.15, -0.1) is 0 Å². The van der Waals surface area contributed by atoms with E-state index in [0.717, 1.165) is 11.4 Å². The number of nitrogens with zero attached hydrogens (tertiary/aromatic N) is 2. The standard InChI is InChI=1S/C20H23FN4O3/c1-3-12-13(23-20(27)18(12)21)9-28-16-6-4-5-11-8-15(19(22)26)25-14(17(11)16)7-10(2)24-25/h4-8,11-13,17-18H,3,9H2,1-2H3,(H2,22,26)(H,23,27). The lowest BCUT2D eigenvalue weighted by Gasteiger charge is -2.32. The Morgan fingerprint density at radius 1 is 1.46 bits per heavy atom. The van der Waals surface area contributed by atoms with Crippen LogP contribution < -0.4 is 11.1 Å². The fraction of sp³-hybridized carbons (Fsp3) is 0.450. The minimum Gasteiger partial charge on any atom is -0.495 e. The molecule has 3 aliphatic rings. The van der Waals surface area contributed by atoms with Gasteiger partial charge in [0.05, 0.1) is 23.3 Å². The van der Waals surface area contributed by atoms with Crippen LogP contribution in [0.15, 0.2) is 36.1 Å². The predicted octanol–water partition coefficient (Wildman–Crippen LogP) is 1.56. The Balaban J connectivity index is 1.59. The van der Waals surface area contributed by atoms with E-state index in [1.54, 1.807) is 10.8 Å². The molecule has 28 heavy (non-hydrogen) atoms. The number of hydrogen-bond donors (Lipinski definition) is 2. The van der Waals surface area contributed by atoms with Crippen molar-refractivity contribution in [2.45, 2.75) is 38.4 Å². The molecule has 3 N–H and O–H groups in total. The number of aromatic nitrogens is 2. The maximum absolute atomic E-state index is 14.0. The molecule has 4 rings (SSSR count). The van der Waals surface area contributed by atoms with Crippen molar-refractivity contribution in [1.29, 1.82) is 0 Å². The normalized spacial score (nSPS) is 30.8. The predicted molar refractivity (Wildman–Crippen MR) is 100 cm³/mol. The van der Waals surface area contributed by atoms with Gasteiger partial charge in [0, 0.05) is 11.8 Å². The van der Waals surface area contributed by atoms with Gasteiger partial charge >= 0.3 is 0 Å². The maximum Gasteiger partial charge on any atom is 0.267 e. The Kier molecular flexibility index (Phi) is 4.56. The number of halogens is 1. The van der Waals surface area contributed by atoms with Crippen LogP contribution in [-0.2, 0) is 14.3 Å². The molecule has 5 unspecified atom stereocenters. The van der Waals surface area contributed by atoms with E-state index in [2.05, 4.69) is 10.4 Å². The molecule has 0 saturated carbocycles. The number of nitrogens with two attached hydrogens (primary N) is 1. The van der Waals surface area contributed by atoms with Gasteiger partial charge in [-0.2, -0.15) is 5.10 Å². The number of fused-ring (bicyclic) bond motifs is 3. The summed E-state index contributed by atoms with van der Waals surface area (Å²) in [6.45, 7) is 3.90. The first-order valence-corrected chi connectivity index (χ1v) is 9.45. The quantitative estimate of drug-likeness (QED) is 0.802. The van der Waals surface area contributed by atoms with Crippen LogP contribution in [0.2, 0.25) is 0 Å². The summed E-state index contributed by atoms with van der Waals surface area (Å²) in [5.74, 6) is -1.07. The Labute approximate surface area is 162 Å². The summed E-state index contributed by atoms with van der Waals surface area (Å²) in [4.78, 5) is 23.5. The van der Waals surface area contributed by atoms with Gasteiger partial charge in [-0.05, 0) is 31.6 Å². The smallest absolute Gasteiger partial charge is 0.267 e. The molecular weight excluding hydrogens is 363 g/mol. The van der Waals surface area contributed by atoms with Crippen molar-refractivity contribution in [3.8, 4) is 0 Å². The lowest BCUT2D eigenvalue weighted by atomic mass is 9.81. The number of alkyl halides is 1. The maximum atomic E-state index is 14.0. The van der Waals surface area contributed by atoms with Crippen molar-refractivity contribution in [2.75, 3.05) is 6.61 Å². The molecule has 1 saturated heterocycles. The Morgan fingerprint density at radius 2 is 2.25 bits per heavy atom. The summed E-state index contributed by atoms with van der Waals surface area (Å²) in [6.07, 6.45) is 6.56. The van der Waals surface area contributed by atoms with Gasteiger partial charge in [-0.25, -0.2) is 9.07 Å². The van der Waals surface area contributed by atoms with Gasteiger partial charge in [0.15, 0.2) is 6.17 Å². The molecule has 3 heterocycles. The molecule has 0 bridgehead atoms. The summed E-state index contributed by atoms with van der Waals surface area (Å²) < 4.78 is 21.7. The molecule has 2 amide bonds. The number of ether oxygens (including phenoxy) is 1. The molecule has 0 aromatic carbocycles. The van der Waals surface area contributed by atoms with Crippen molar-refractivity contribution in [3.63, 3.8) is 0 Å². The van der Waals surface area contributed by atoms with E-state index in [4.69, 9.17) is 10.5 Å². The first-order valence-electron chi connectivity index (χ1n) is 9.45. The molecule has 0 radical (unpaired) electrons. The van der Waals surface area contributed by atoms with E-state index in [-0.39, 0.29) is 24.5 Å². The van der Waals surface area contributed by atoms with E-state index in [1.807, 2.05) is 38.1 Å². The lowest BCUT2D eigenvalue weighted by molar-refractivity contribution is -0.124. The summed E-state index contributed by atoms with van der Waals surface area (Å²) >= 11 is 0. The summed E-state index contributed by atoms with van der Waals surface area (Å²) in [7, 11) is 0.